The predicted molar refractivity (Wildman–Crippen MR) is 83.2 cm³/mol. The van der Waals surface area contributed by atoms with Crippen LogP contribution >= 0.6 is 11.6 Å². The summed E-state index contributed by atoms with van der Waals surface area (Å²) in [6.45, 7) is 0.763. The molecule has 0 saturated heterocycles. The fourth-order valence-corrected chi connectivity index (χ4v) is 2.18. The molecular weight excluding hydrogens is 272 g/mol. The van der Waals surface area contributed by atoms with Crippen LogP contribution in [0.15, 0.2) is 48.5 Å². The van der Waals surface area contributed by atoms with Crippen LogP contribution in [0.25, 0.3) is 0 Å². The van der Waals surface area contributed by atoms with E-state index in [1.165, 1.54) is 0 Å². The number of hydrogen-bond acceptors (Lipinski definition) is 2. The third-order valence-electron chi connectivity index (χ3n) is 2.87. The minimum Gasteiger partial charge on any atom is -0.322 e. The van der Waals surface area contributed by atoms with Gasteiger partial charge in [0, 0.05) is 12.2 Å². The molecule has 4 heteroatoms. The Labute approximate surface area is 124 Å². The number of carbonyl (C=O) groups excluding carboxylic acids is 1. The second kappa shape index (κ2) is 6.55. The summed E-state index contributed by atoms with van der Waals surface area (Å²) < 4.78 is 0. The highest BCUT2D eigenvalue weighted by Crippen LogP contribution is 2.20. The molecule has 1 amide bonds. The van der Waals surface area contributed by atoms with Crippen molar-refractivity contribution >= 4 is 23.2 Å². The molecule has 2 aromatic carbocycles. The lowest BCUT2D eigenvalue weighted by Crippen LogP contribution is -2.16. The Hall–Kier alpha value is -1.84. The Morgan fingerprint density at radius 2 is 1.75 bits per heavy atom. The van der Waals surface area contributed by atoms with Crippen LogP contribution in [0.1, 0.15) is 15.9 Å². The zero-order valence-corrected chi connectivity index (χ0v) is 12.3. The Morgan fingerprint density at radius 1 is 1.10 bits per heavy atom. The van der Waals surface area contributed by atoms with Crippen molar-refractivity contribution < 1.29 is 4.79 Å². The molecule has 1 N–H and O–H groups in total. The van der Waals surface area contributed by atoms with Crippen molar-refractivity contribution in [2.75, 3.05) is 19.4 Å². The Kier molecular flexibility index (Phi) is 4.77. The molecule has 20 heavy (non-hydrogen) atoms. The molecule has 104 valence electrons. The molecule has 0 bridgehead atoms. The van der Waals surface area contributed by atoms with Crippen LogP contribution in [-0.4, -0.2) is 24.9 Å². The summed E-state index contributed by atoms with van der Waals surface area (Å²) in [5.74, 6) is -0.193. The summed E-state index contributed by atoms with van der Waals surface area (Å²) in [7, 11) is 3.99. The largest absolute Gasteiger partial charge is 0.322 e. The van der Waals surface area contributed by atoms with E-state index in [2.05, 4.69) is 10.2 Å². The van der Waals surface area contributed by atoms with Gasteiger partial charge in [-0.1, -0.05) is 41.9 Å². The van der Waals surface area contributed by atoms with E-state index in [-0.39, 0.29) is 5.91 Å². The van der Waals surface area contributed by atoms with Crippen molar-refractivity contribution in [2.45, 2.75) is 6.54 Å². The maximum atomic E-state index is 12.3. The quantitative estimate of drug-likeness (QED) is 0.931. The summed E-state index contributed by atoms with van der Waals surface area (Å²) in [5, 5.41) is 3.38. The lowest BCUT2D eigenvalue weighted by atomic mass is 10.1. The lowest BCUT2D eigenvalue weighted by Gasteiger charge is -2.15. The minimum atomic E-state index is -0.193. The summed E-state index contributed by atoms with van der Waals surface area (Å²) in [6.07, 6.45) is 0. The highest BCUT2D eigenvalue weighted by atomic mass is 35.5. The highest BCUT2D eigenvalue weighted by molar-refractivity contribution is 6.34. The van der Waals surface area contributed by atoms with Crippen molar-refractivity contribution in [3.63, 3.8) is 0 Å². The first kappa shape index (κ1) is 14.6. The molecule has 2 aromatic rings. The van der Waals surface area contributed by atoms with E-state index in [0.717, 1.165) is 17.8 Å². The van der Waals surface area contributed by atoms with Gasteiger partial charge in [0.2, 0.25) is 0 Å². The number of para-hydroxylation sites is 1. The third-order valence-corrected chi connectivity index (χ3v) is 3.20. The lowest BCUT2D eigenvalue weighted by molar-refractivity contribution is 0.102. The number of anilines is 1. The topological polar surface area (TPSA) is 32.3 Å². The summed E-state index contributed by atoms with van der Waals surface area (Å²) >= 11 is 6.04. The van der Waals surface area contributed by atoms with Crippen molar-refractivity contribution in [2.24, 2.45) is 0 Å². The minimum absolute atomic E-state index is 0.193. The van der Waals surface area contributed by atoms with Gasteiger partial charge in [0.1, 0.15) is 0 Å². The Bertz CT molecular complexity index is 611. The smallest absolute Gasteiger partial charge is 0.257 e. The molecule has 0 unspecified atom stereocenters. The molecule has 0 aliphatic heterocycles. The van der Waals surface area contributed by atoms with Gasteiger partial charge in [0.25, 0.3) is 5.91 Å². The van der Waals surface area contributed by atoms with Crippen LogP contribution in [-0.2, 0) is 6.54 Å². The van der Waals surface area contributed by atoms with Gasteiger partial charge in [-0.05, 0) is 37.9 Å². The van der Waals surface area contributed by atoms with Crippen LogP contribution in [0.5, 0.6) is 0 Å². The highest BCUT2D eigenvalue weighted by Gasteiger charge is 2.11. The Balaban J connectivity index is 2.22. The molecule has 0 spiro atoms. The van der Waals surface area contributed by atoms with Crippen molar-refractivity contribution in [1.82, 2.24) is 4.90 Å². The maximum absolute atomic E-state index is 12.3. The zero-order valence-electron chi connectivity index (χ0n) is 11.6. The van der Waals surface area contributed by atoms with E-state index < -0.39 is 0 Å². The summed E-state index contributed by atoms with van der Waals surface area (Å²) in [6, 6.07) is 14.8. The van der Waals surface area contributed by atoms with Crippen LogP contribution in [0.2, 0.25) is 5.02 Å². The van der Waals surface area contributed by atoms with Gasteiger partial charge in [0.15, 0.2) is 0 Å². The molecule has 0 atom stereocenters. The first-order valence-corrected chi connectivity index (χ1v) is 6.74. The second-order valence-corrected chi connectivity index (χ2v) is 5.24. The fourth-order valence-electron chi connectivity index (χ4n) is 1.96. The number of carbonyl (C=O) groups is 1. The van der Waals surface area contributed by atoms with E-state index in [0.29, 0.717) is 10.6 Å². The number of halogens is 1. The first-order chi connectivity index (χ1) is 9.58. The average Bonchev–Trinajstić information content (AvgIpc) is 2.41. The SMILES string of the molecule is CN(C)Cc1ccccc1NC(=O)c1ccccc1Cl. The number of nitrogens with one attached hydrogen (secondary N) is 1. The number of rotatable bonds is 4. The monoisotopic (exact) mass is 288 g/mol. The molecule has 3 nitrogen and oxygen atoms in total. The van der Waals surface area contributed by atoms with E-state index in [1.807, 2.05) is 38.4 Å². The predicted octanol–water partition coefficient (Wildman–Crippen LogP) is 3.65. The standard InChI is InChI=1S/C16H17ClN2O/c1-19(2)11-12-7-3-6-10-15(12)18-16(20)13-8-4-5-9-14(13)17/h3-10H,11H2,1-2H3,(H,18,20). The number of nitrogens with zero attached hydrogens (tertiary/aromatic N) is 1. The van der Waals surface area contributed by atoms with Crippen molar-refractivity contribution in [3.05, 3.63) is 64.7 Å². The van der Waals surface area contributed by atoms with Gasteiger partial charge in [-0.3, -0.25) is 4.79 Å². The van der Waals surface area contributed by atoms with E-state index in [9.17, 15) is 4.79 Å². The van der Waals surface area contributed by atoms with E-state index in [4.69, 9.17) is 11.6 Å². The normalized spacial score (nSPS) is 10.6. The molecule has 0 aliphatic rings. The van der Waals surface area contributed by atoms with Crippen LogP contribution < -0.4 is 5.32 Å². The summed E-state index contributed by atoms with van der Waals surface area (Å²) in [5.41, 5.74) is 2.36. The van der Waals surface area contributed by atoms with Gasteiger partial charge in [-0.25, -0.2) is 0 Å². The molecule has 2 rings (SSSR count). The van der Waals surface area contributed by atoms with Gasteiger partial charge < -0.3 is 10.2 Å². The number of amides is 1. The second-order valence-electron chi connectivity index (χ2n) is 4.83. The van der Waals surface area contributed by atoms with Crippen LogP contribution in [0.4, 0.5) is 5.69 Å². The van der Waals surface area contributed by atoms with Crippen LogP contribution in [0, 0.1) is 0 Å². The van der Waals surface area contributed by atoms with E-state index in [1.54, 1.807) is 24.3 Å². The molecule has 0 aliphatic carbocycles. The average molecular weight is 289 g/mol. The first-order valence-electron chi connectivity index (χ1n) is 6.36. The molecule has 0 saturated carbocycles. The molecule has 0 radical (unpaired) electrons. The van der Waals surface area contributed by atoms with Gasteiger partial charge >= 0.3 is 0 Å². The third kappa shape index (κ3) is 3.59. The fraction of sp³-hybridized carbons (Fsp3) is 0.188. The van der Waals surface area contributed by atoms with Crippen LogP contribution in [0.3, 0.4) is 0 Å². The molecule has 0 aromatic heterocycles. The van der Waals surface area contributed by atoms with Crippen molar-refractivity contribution in [1.29, 1.82) is 0 Å². The maximum Gasteiger partial charge on any atom is 0.257 e. The van der Waals surface area contributed by atoms with Gasteiger partial charge in [0.05, 0.1) is 10.6 Å². The molecule has 0 heterocycles. The van der Waals surface area contributed by atoms with Gasteiger partial charge in [-0.2, -0.15) is 0 Å². The summed E-state index contributed by atoms with van der Waals surface area (Å²) in [4.78, 5) is 14.3. The number of hydrogen-bond donors (Lipinski definition) is 1. The van der Waals surface area contributed by atoms with E-state index >= 15 is 0 Å². The molecule has 0 fully saturated rings. The van der Waals surface area contributed by atoms with Gasteiger partial charge in [-0.15, -0.1) is 0 Å². The zero-order chi connectivity index (χ0) is 14.5. The Morgan fingerprint density at radius 3 is 2.45 bits per heavy atom. The molecular formula is C16H17ClN2O. The van der Waals surface area contributed by atoms with Crippen molar-refractivity contribution in [3.8, 4) is 0 Å². The number of benzene rings is 2.